The van der Waals surface area contributed by atoms with Gasteiger partial charge in [0.05, 0.1) is 17.6 Å². The zero-order chi connectivity index (χ0) is 14.8. The van der Waals surface area contributed by atoms with E-state index in [1.54, 1.807) is 11.3 Å². The van der Waals surface area contributed by atoms with Crippen LogP contribution < -0.4 is 5.73 Å². The molecule has 0 atom stereocenters. The van der Waals surface area contributed by atoms with Crippen molar-refractivity contribution in [1.29, 1.82) is 0 Å². The SMILES string of the molecule is CC(C)N(Cc1nc2ccc(N)cc2[nH]1)Cc1cccs1. The number of nitrogens with zero attached hydrogens (tertiary/aromatic N) is 2. The second-order valence-electron chi connectivity index (χ2n) is 5.54. The summed E-state index contributed by atoms with van der Waals surface area (Å²) in [5.74, 6) is 0.987. The van der Waals surface area contributed by atoms with Crippen molar-refractivity contribution < 1.29 is 0 Å². The Morgan fingerprint density at radius 3 is 2.86 bits per heavy atom. The first-order valence-corrected chi connectivity index (χ1v) is 8.00. The van der Waals surface area contributed by atoms with E-state index in [1.807, 2.05) is 18.2 Å². The maximum absolute atomic E-state index is 5.82. The van der Waals surface area contributed by atoms with Crippen molar-refractivity contribution in [2.24, 2.45) is 0 Å². The van der Waals surface area contributed by atoms with Crippen LogP contribution in [-0.4, -0.2) is 20.9 Å². The van der Waals surface area contributed by atoms with E-state index in [0.29, 0.717) is 6.04 Å². The standard InChI is InChI=1S/C16H20N4S/c1-11(2)20(9-13-4-3-7-21-13)10-16-18-14-6-5-12(17)8-15(14)19-16/h3-8,11H,9-10,17H2,1-2H3,(H,18,19). The van der Waals surface area contributed by atoms with Gasteiger partial charge in [-0.25, -0.2) is 4.98 Å². The smallest absolute Gasteiger partial charge is 0.121 e. The third kappa shape index (κ3) is 3.25. The number of aromatic nitrogens is 2. The van der Waals surface area contributed by atoms with E-state index in [2.05, 4.69) is 46.2 Å². The van der Waals surface area contributed by atoms with E-state index in [0.717, 1.165) is 35.6 Å². The lowest BCUT2D eigenvalue weighted by Crippen LogP contribution is -2.29. The minimum absolute atomic E-state index is 0.463. The minimum Gasteiger partial charge on any atom is -0.399 e. The number of aromatic amines is 1. The maximum Gasteiger partial charge on any atom is 0.121 e. The fraction of sp³-hybridized carbons (Fsp3) is 0.312. The Labute approximate surface area is 128 Å². The van der Waals surface area contributed by atoms with Crippen molar-refractivity contribution >= 4 is 28.1 Å². The van der Waals surface area contributed by atoms with Crippen LogP contribution in [0, 0.1) is 0 Å². The predicted molar refractivity (Wildman–Crippen MR) is 89.2 cm³/mol. The third-order valence-electron chi connectivity index (χ3n) is 3.58. The highest BCUT2D eigenvalue weighted by molar-refractivity contribution is 7.09. The van der Waals surface area contributed by atoms with Crippen molar-refractivity contribution in [3.8, 4) is 0 Å². The molecule has 0 aliphatic rings. The number of anilines is 1. The van der Waals surface area contributed by atoms with E-state index < -0.39 is 0 Å². The number of nitrogen functional groups attached to an aromatic ring is 1. The van der Waals surface area contributed by atoms with E-state index in [4.69, 9.17) is 5.73 Å². The first-order valence-electron chi connectivity index (χ1n) is 7.12. The van der Waals surface area contributed by atoms with Crippen LogP contribution in [0.4, 0.5) is 5.69 Å². The summed E-state index contributed by atoms with van der Waals surface area (Å²) in [6.07, 6.45) is 0. The largest absolute Gasteiger partial charge is 0.399 e. The Kier molecular flexibility index (Phi) is 3.94. The number of hydrogen-bond donors (Lipinski definition) is 2. The van der Waals surface area contributed by atoms with Crippen molar-refractivity contribution in [3.63, 3.8) is 0 Å². The zero-order valence-corrected chi connectivity index (χ0v) is 13.2. The van der Waals surface area contributed by atoms with Crippen molar-refractivity contribution in [3.05, 3.63) is 46.4 Å². The number of rotatable bonds is 5. The van der Waals surface area contributed by atoms with Crippen LogP contribution in [0.2, 0.25) is 0 Å². The molecule has 3 aromatic rings. The molecule has 0 bridgehead atoms. The van der Waals surface area contributed by atoms with Gasteiger partial charge in [-0.3, -0.25) is 4.90 Å². The molecule has 3 rings (SSSR count). The fourth-order valence-electron chi connectivity index (χ4n) is 2.37. The number of imidazole rings is 1. The molecule has 110 valence electrons. The lowest BCUT2D eigenvalue weighted by atomic mass is 10.3. The monoisotopic (exact) mass is 300 g/mol. The van der Waals surface area contributed by atoms with Crippen LogP contribution in [0.15, 0.2) is 35.7 Å². The second kappa shape index (κ2) is 5.87. The van der Waals surface area contributed by atoms with Gasteiger partial charge in [0, 0.05) is 23.2 Å². The molecular formula is C16H20N4S. The Morgan fingerprint density at radius 1 is 1.29 bits per heavy atom. The molecule has 0 unspecified atom stereocenters. The zero-order valence-electron chi connectivity index (χ0n) is 12.3. The molecule has 0 saturated carbocycles. The molecule has 3 N–H and O–H groups in total. The second-order valence-corrected chi connectivity index (χ2v) is 6.57. The van der Waals surface area contributed by atoms with Gasteiger partial charge in [-0.2, -0.15) is 0 Å². The topological polar surface area (TPSA) is 57.9 Å². The molecule has 0 fully saturated rings. The first-order chi connectivity index (χ1) is 10.1. The summed E-state index contributed by atoms with van der Waals surface area (Å²) in [7, 11) is 0. The Balaban J connectivity index is 1.80. The van der Waals surface area contributed by atoms with Gasteiger partial charge in [-0.1, -0.05) is 6.07 Å². The lowest BCUT2D eigenvalue weighted by molar-refractivity contribution is 0.201. The van der Waals surface area contributed by atoms with E-state index >= 15 is 0 Å². The van der Waals surface area contributed by atoms with Gasteiger partial charge >= 0.3 is 0 Å². The highest BCUT2D eigenvalue weighted by Gasteiger charge is 2.14. The number of H-pyrrole nitrogens is 1. The molecular weight excluding hydrogens is 280 g/mol. The minimum atomic E-state index is 0.463. The molecule has 1 aromatic carbocycles. The molecule has 0 spiro atoms. The van der Waals surface area contributed by atoms with E-state index in [-0.39, 0.29) is 0 Å². The number of nitrogens with two attached hydrogens (primary N) is 1. The average Bonchev–Trinajstić information content (AvgIpc) is 3.06. The van der Waals surface area contributed by atoms with Crippen LogP contribution in [0.5, 0.6) is 0 Å². The summed E-state index contributed by atoms with van der Waals surface area (Å²) in [5.41, 5.74) is 8.55. The maximum atomic E-state index is 5.82. The molecule has 2 aromatic heterocycles. The molecule has 4 nitrogen and oxygen atoms in total. The Hall–Kier alpha value is -1.85. The molecule has 0 aliphatic heterocycles. The number of hydrogen-bond acceptors (Lipinski definition) is 4. The summed E-state index contributed by atoms with van der Waals surface area (Å²) in [6.45, 7) is 6.20. The first kappa shape index (κ1) is 14.1. The van der Waals surface area contributed by atoms with Gasteiger partial charge in [0.2, 0.25) is 0 Å². The summed E-state index contributed by atoms with van der Waals surface area (Å²) in [4.78, 5) is 11.8. The normalized spacial score (nSPS) is 11.8. The molecule has 0 radical (unpaired) electrons. The van der Waals surface area contributed by atoms with E-state index in [9.17, 15) is 0 Å². The third-order valence-corrected chi connectivity index (χ3v) is 4.44. The van der Waals surface area contributed by atoms with Gasteiger partial charge < -0.3 is 10.7 Å². The lowest BCUT2D eigenvalue weighted by Gasteiger charge is -2.24. The van der Waals surface area contributed by atoms with Crippen LogP contribution in [0.1, 0.15) is 24.5 Å². The van der Waals surface area contributed by atoms with Gasteiger partial charge in [0.1, 0.15) is 5.82 Å². The van der Waals surface area contributed by atoms with Crippen LogP contribution in [-0.2, 0) is 13.1 Å². The molecule has 5 heteroatoms. The molecule has 0 aliphatic carbocycles. The van der Waals surface area contributed by atoms with Crippen LogP contribution in [0.25, 0.3) is 11.0 Å². The number of nitrogens with one attached hydrogen (secondary N) is 1. The van der Waals surface area contributed by atoms with Gasteiger partial charge in [-0.15, -0.1) is 11.3 Å². The summed E-state index contributed by atoms with van der Waals surface area (Å²) >= 11 is 1.80. The van der Waals surface area contributed by atoms with Gasteiger partial charge in [0.15, 0.2) is 0 Å². The number of fused-ring (bicyclic) bond motifs is 1. The van der Waals surface area contributed by atoms with Crippen molar-refractivity contribution in [1.82, 2.24) is 14.9 Å². The van der Waals surface area contributed by atoms with Crippen LogP contribution in [0.3, 0.4) is 0 Å². The summed E-state index contributed by atoms with van der Waals surface area (Å²) in [5, 5.41) is 2.12. The van der Waals surface area contributed by atoms with Gasteiger partial charge in [-0.05, 0) is 43.5 Å². The number of benzene rings is 1. The molecule has 2 heterocycles. The molecule has 21 heavy (non-hydrogen) atoms. The fourth-order valence-corrected chi connectivity index (χ4v) is 3.10. The van der Waals surface area contributed by atoms with Crippen molar-refractivity contribution in [2.75, 3.05) is 5.73 Å². The van der Waals surface area contributed by atoms with Crippen LogP contribution >= 0.6 is 11.3 Å². The predicted octanol–water partition coefficient (Wildman–Crippen LogP) is 3.62. The summed E-state index contributed by atoms with van der Waals surface area (Å²) in [6, 6.07) is 10.5. The molecule has 0 saturated heterocycles. The Morgan fingerprint density at radius 2 is 2.14 bits per heavy atom. The van der Waals surface area contributed by atoms with Crippen molar-refractivity contribution in [2.45, 2.75) is 33.0 Å². The quantitative estimate of drug-likeness (QED) is 0.708. The average molecular weight is 300 g/mol. The number of thiophene rings is 1. The summed E-state index contributed by atoms with van der Waals surface area (Å²) < 4.78 is 0. The highest BCUT2D eigenvalue weighted by atomic mass is 32.1. The molecule has 0 amide bonds. The van der Waals surface area contributed by atoms with Gasteiger partial charge in [0.25, 0.3) is 0 Å². The highest BCUT2D eigenvalue weighted by Crippen LogP contribution is 2.19. The van der Waals surface area contributed by atoms with E-state index in [1.165, 1.54) is 4.88 Å². The Bertz CT molecular complexity index is 715.